The van der Waals surface area contributed by atoms with E-state index in [2.05, 4.69) is 4.74 Å². The van der Waals surface area contributed by atoms with Crippen molar-refractivity contribution >= 4 is 26.0 Å². The molecule has 0 aromatic carbocycles. The number of carbonyl (C=O) groups is 3. The standard InChI is InChI=1S/C7H11O9P/c8-4-16-3-7(6(11)12,17(13,14)15)2-1-5(9)10/h4H,1-3H2,(H,9,10)(H,11,12)(H2,13,14,15). The number of carbonyl (C=O) groups excluding carboxylic acids is 1. The van der Waals surface area contributed by atoms with Crippen LogP contribution in [0, 0.1) is 0 Å². The third kappa shape index (κ3) is 3.81. The van der Waals surface area contributed by atoms with Gasteiger partial charge in [-0.25, -0.2) is 0 Å². The maximum atomic E-state index is 11.1. The molecule has 10 heteroatoms. The summed E-state index contributed by atoms with van der Waals surface area (Å²) in [7, 11) is -5.20. The van der Waals surface area contributed by atoms with Crippen LogP contribution in [0.3, 0.4) is 0 Å². The molecular weight excluding hydrogens is 259 g/mol. The Bertz CT molecular complexity index is 358. The average Bonchev–Trinajstić information content (AvgIpc) is 2.15. The molecule has 0 radical (unpaired) electrons. The SMILES string of the molecule is O=COCC(CCC(=O)O)(C(=O)O)P(=O)(O)O. The van der Waals surface area contributed by atoms with Crippen LogP contribution in [0.2, 0.25) is 0 Å². The highest BCUT2D eigenvalue weighted by atomic mass is 31.2. The van der Waals surface area contributed by atoms with E-state index in [0.29, 0.717) is 0 Å². The summed E-state index contributed by atoms with van der Waals surface area (Å²) in [5, 5.41) is 14.5. The number of hydrogen-bond donors (Lipinski definition) is 4. The van der Waals surface area contributed by atoms with Gasteiger partial charge < -0.3 is 24.7 Å². The molecule has 1 unspecified atom stereocenters. The van der Waals surface area contributed by atoms with Crippen molar-refractivity contribution in [1.29, 1.82) is 0 Å². The summed E-state index contributed by atoms with van der Waals surface area (Å²) in [5.41, 5.74) is 0. The van der Waals surface area contributed by atoms with Crippen LogP contribution in [-0.2, 0) is 23.7 Å². The fourth-order valence-corrected chi connectivity index (χ4v) is 1.98. The van der Waals surface area contributed by atoms with Gasteiger partial charge in [-0.3, -0.25) is 18.9 Å². The van der Waals surface area contributed by atoms with E-state index >= 15 is 0 Å². The second-order valence-electron chi connectivity index (χ2n) is 3.18. The van der Waals surface area contributed by atoms with E-state index in [4.69, 9.17) is 20.0 Å². The first-order valence-corrected chi connectivity index (χ1v) is 5.84. The van der Waals surface area contributed by atoms with Gasteiger partial charge in [-0.1, -0.05) is 0 Å². The normalized spacial score (nSPS) is 14.7. The summed E-state index contributed by atoms with van der Waals surface area (Å²) < 4.78 is 15.2. The van der Waals surface area contributed by atoms with Gasteiger partial charge in [0.15, 0.2) is 0 Å². The lowest BCUT2D eigenvalue weighted by Gasteiger charge is -2.28. The molecule has 0 saturated heterocycles. The third-order valence-electron chi connectivity index (χ3n) is 2.10. The van der Waals surface area contributed by atoms with Crippen molar-refractivity contribution in [3.8, 4) is 0 Å². The highest BCUT2D eigenvalue weighted by Gasteiger charge is 2.54. The highest BCUT2D eigenvalue weighted by molar-refractivity contribution is 7.54. The van der Waals surface area contributed by atoms with Gasteiger partial charge in [-0.15, -0.1) is 0 Å². The van der Waals surface area contributed by atoms with E-state index in [1.165, 1.54) is 0 Å². The Morgan fingerprint density at radius 1 is 1.29 bits per heavy atom. The molecule has 0 aliphatic heterocycles. The molecule has 0 aliphatic rings. The predicted octanol–water partition coefficient (Wildman–Crippen LogP) is -0.975. The first kappa shape index (κ1) is 15.6. The second kappa shape index (κ2) is 5.76. The van der Waals surface area contributed by atoms with E-state index in [-0.39, 0.29) is 6.47 Å². The molecule has 0 amide bonds. The molecule has 0 aromatic heterocycles. The van der Waals surface area contributed by atoms with Gasteiger partial charge in [0, 0.05) is 6.42 Å². The predicted molar refractivity (Wildman–Crippen MR) is 51.3 cm³/mol. The smallest absolute Gasteiger partial charge is 0.346 e. The molecule has 0 rings (SSSR count). The lowest BCUT2D eigenvalue weighted by molar-refractivity contribution is -0.145. The lowest BCUT2D eigenvalue weighted by Crippen LogP contribution is -2.43. The van der Waals surface area contributed by atoms with E-state index < -0.39 is 44.1 Å². The lowest BCUT2D eigenvalue weighted by atomic mass is 10.0. The Balaban J connectivity index is 5.25. The van der Waals surface area contributed by atoms with Crippen LogP contribution in [0.4, 0.5) is 0 Å². The summed E-state index contributed by atoms with van der Waals surface area (Å²) in [6.07, 6.45) is -1.63. The first-order valence-electron chi connectivity index (χ1n) is 4.23. The number of aliphatic carboxylic acids is 2. The summed E-state index contributed by atoms with van der Waals surface area (Å²) in [4.78, 5) is 49.1. The zero-order valence-electron chi connectivity index (χ0n) is 8.48. The molecule has 0 saturated carbocycles. The van der Waals surface area contributed by atoms with Crippen LogP contribution in [0.5, 0.6) is 0 Å². The topological polar surface area (TPSA) is 158 Å². The molecular formula is C7H11O9P. The van der Waals surface area contributed by atoms with Crippen LogP contribution in [0.15, 0.2) is 0 Å². The first-order chi connectivity index (χ1) is 7.67. The van der Waals surface area contributed by atoms with Crippen molar-refractivity contribution in [2.75, 3.05) is 6.61 Å². The number of rotatable bonds is 8. The fraction of sp³-hybridized carbons (Fsp3) is 0.571. The van der Waals surface area contributed by atoms with Crippen LogP contribution in [0.1, 0.15) is 12.8 Å². The minimum absolute atomic E-state index is 0.173. The maximum absolute atomic E-state index is 11.1. The molecule has 0 fully saturated rings. The molecule has 98 valence electrons. The number of carboxylic acids is 2. The number of ether oxygens (including phenoxy) is 1. The molecule has 4 N–H and O–H groups in total. The van der Waals surface area contributed by atoms with Crippen molar-refractivity contribution in [1.82, 2.24) is 0 Å². The van der Waals surface area contributed by atoms with Crippen molar-refractivity contribution in [2.24, 2.45) is 0 Å². The second-order valence-corrected chi connectivity index (χ2v) is 5.13. The highest BCUT2D eigenvalue weighted by Crippen LogP contribution is 2.53. The van der Waals surface area contributed by atoms with Gasteiger partial charge in [0.05, 0.1) is 0 Å². The van der Waals surface area contributed by atoms with Gasteiger partial charge in [-0.2, -0.15) is 0 Å². The minimum Gasteiger partial charge on any atom is -0.481 e. The molecule has 0 aromatic rings. The Morgan fingerprint density at radius 2 is 1.82 bits per heavy atom. The quantitative estimate of drug-likeness (QED) is 0.321. The van der Waals surface area contributed by atoms with E-state index in [9.17, 15) is 18.9 Å². The van der Waals surface area contributed by atoms with E-state index in [0.717, 1.165) is 0 Å². The number of hydrogen-bond acceptors (Lipinski definition) is 5. The average molecular weight is 270 g/mol. The van der Waals surface area contributed by atoms with Gasteiger partial charge >= 0.3 is 19.5 Å². The molecule has 17 heavy (non-hydrogen) atoms. The van der Waals surface area contributed by atoms with Gasteiger partial charge in [0.2, 0.25) is 5.16 Å². The van der Waals surface area contributed by atoms with E-state index in [1.54, 1.807) is 0 Å². The van der Waals surface area contributed by atoms with Crippen molar-refractivity contribution in [3.63, 3.8) is 0 Å². The molecule has 1 atom stereocenters. The van der Waals surface area contributed by atoms with E-state index in [1.807, 2.05) is 0 Å². The third-order valence-corrected chi connectivity index (χ3v) is 3.76. The van der Waals surface area contributed by atoms with Gasteiger partial charge in [0.25, 0.3) is 6.47 Å². The Kier molecular flexibility index (Phi) is 5.27. The minimum atomic E-state index is -5.20. The summed E-state index contributed by atoms with van der Waals surface area (Å²) in [6, 6.07) is 0. The van der Waals surface area contributed by atoms with Crippen LogP contribution in [0.25, 0.3) is 0 Å². The van der Waals surface area contributed by atoms with Gasteiger partial charge in [-0.05, 0) is 6.42 Å². The number of carboxylic acid groups (broad SMARTS) is 2. The van der Waals surface area contributed by atoms with Crippen LogP contribution < -0.4 is 0 Å². The Labute approximate surface area is 95.2 Å². The van der Waals surface area contributed by atoms with Crippen LogP contribution >= 0.6 is 7.60 Å². The molecule has 0 heterocycles. The van der Waals surface area contributed by atoms with Gasteiger partial charge in [0.1, 0.15) is 6.61 Å². The zero-order chi connectivity index (χ0) is 13.7. The summed E-state index contributed by atoms with van der Waals surface area (Å²) >= 11 is 0. The fourth-order valence-electron chi connectivity index (χ4n) is 1.08. The molecule has 9 nitrogen and oxygen atoms in total. The Morgan fingerprint density at radius 3 is 2.12 bits per heavy atom. The largest absolute Gasteiger partial charge is 0.481 e. The van der Waals surface area contributed by atoms with Crippen molar-refractivity contribution in [3.05, 3.63) is 0 Å². The molecule has 0 aliphatic carbocycles. The van der Waals surface area contributed by atoms with Crippen molar-refractivity contribution < 1.29 is 43.7 Å². The monoisotopic (exact) mass is 270 g/mol. The maximum Gasteiger partial charge on any atom is 0.346 e. The summed E-state index contributed by atoms with van der Waals surface area (Å²) in [6.45, 7) is -1.27. The summed E-state index contributed by atoms with van der Waals surface area (Å²) in [5.74, 6) is -3.34. The Hall–Kier alpha value is -1.44. The molecule has 0 spiro atoms. The van der Waals surface area contributed by atoms with Crippen LogP contribution in [-0.4, -0.2) is 50.2 Å². The molecule has 0 bridgehead atoms. The van der Waals surface area contributed by atoms with Crippen molar-refractivity contribution in [2.45, 2.75) is 18.0 Å². The zero-order valence-corrected chi connectivity index (χ0v) is 9.37.